The maximum absolute atomic E-state index is 12.5. The van der Waals surface area contributed by atoms with Crippen molar-refractivity contribution >= 4 is 11.8 Å². The van der Waals surface area contributed by atoms with Crippen LogP contribution in [0, 0.1) is 5.92 Å². The van der Waals surface area contributed by atoms with E-state index >= 15 is 0 Å². The number of likely N-dealkylation sites (tertiary alicyclic amines) is 1. The monoisotopic (exact) mass is 292 g/mol. The molecule has 21 heavy (non-hydrogen) atoms. The molecule has 6 heteroatoms. The highest BCUT2D eigenvalue weighted by atomic mass is 16.5. The number of allylic oxidation sites excluding steroid dienone is 2. The van der Waals surface area contributed by atoms with Crippen LogP contribution in [0.25, 0.3) is 0 Å². The van der Waals surface area contributed by atoms with Gasteiger partial charge in [-0.1, -0.05) is 6.08 Å². The third kappa shape index (κ3) is 2.87. The van der Waals surface area contributed by atoms with E-state index in [1.807, 2.05) is 0 Å². The summed E-state index contributed by atoms with van der Waals surface area (Å²) in [6.45, 7) is 1.87. The smallest absolute Gasteiger partial charge is 0.252 e. The van der Waals surface area contributed by atoms with Gasteiger partial charge < -0.3 is 14.7 Å². The molecule has 3 aliphatic rings. The fraction of sp³-hybridized carbons (Fsp3) is 0.600. The van der Waals surface area contributed by atoms with Crippen LogP contribution >= 0.6 is 0 Å². The number of hydrogen-bond acceptors (Lipinski definition) is 5. The van der Waals surface area contributed by atoms with Crippen molar-refractivity contribution in [2.24, 2.45) is 5.92 Å². The summed E-state index contributed by atoms with van der Waals surface area (Å²) < 4.78 is 5.30. The van der Waals surface area contributed by atoms with Crippen molar-refractivity contribution in [2.75, 3.05) is 19.8 Å². The van der Waals surface area contributed by atoms with Crippen LogP contribution in [0.5, 0.6) is 0 Å². The number of ether oxygens (including phenoxy) is 1. The predicted molar refractivity (Wildman–Crippen MR) is 74.8 cm³/mol. The molecule has 0 spiro atoms. The molecule has 3 heterocycles. The molecule has 6 nitrogen and oxygen atoms in total. The second kappa shape index (κ2) is 5.99. The summed E-state index contributed by atoms with van der Waals surface area (Å²) in [7, 11) is 0. The number of imide groups is 1. The Morgan fingerprint density at radius 3 is 2.71 bits per heavy atom. The zero-order valence-electron chi connectivity index (χ0n) is 11.9. The number of nitrogens with zero attached hydrogens (tertiary/aromatic N) is 2. The van der Waals surface area contributed by atoms with Crippen LogP contribution in [0.1, 0.15) is 19.3 Å². The van der Waals surface area contributed by atoms with Crippen molar-refractivity contribution in [3.05, 3.63) is 24.4 Å². The van der Waals surface area contributed by atoms with Crippen LogP contribution < -0.4 is 0 Å². The van der Waals surface area contributed by atoms with Crippen molar-refractivity contribution in [1.29, 1.82) is 0 Å². The maximum atomic E-state index is 12.5. The highest BCUT2D eigenvalue weighted by molar-refractivity contribution is 6.05. The largest absolute Gasteiger partial charge is 0.381 e. The van der Waals surface area contributed by atoms with Gasteiger partial charge in [-0.25, -0.2) is 0 Å². The molecule has 2 fully saturated rings. The Kier molecular flexibility index (Phi) is 4.07. The lowest BCUT2D eigenvalue weighted by Gasteiger charge is -2.31. The number of carbonyl (C=O) groups excluding carboxylic acids is 2. The van der Waals surface area contributed by atoms with E-state index in [-0.39, 0.29) is 18.2 Å². The van der Waals surface area contributed by atoms with Crippen LogP contribution in [-0.4, -0.2) is 58.7 Å². The van der Waals surface area contributed by atoms with E-state index in [4.69, 9.17) is 4.74 Å². The number of aliphatic hydroxyl groups is 1. The Bertz CT molecular complexity index is 482. The van der Waals surface area contributed by atoms with Gasteiger partial charge in [0.05, 0.1) is 6.42 Å². The van der Waals surface area contributed by atoms with Crippen molar-refractivity contribution in [1.82, 2.24) is 9.80 Å². The highest BCUT2D eigenvalue weighted by Crippen LogP contribution is 2.25. The summed E-state index contributed by atoms with van der Waals surface area (Å²) in [6.07, 6.45) is 7.80. The molecule has 0 aliphatic carbocycles. The lowest BCUT2D eigenvalue weighted by molar-refractivity contribution is -0.141. The van der Waals surface area contributed by atoms with Gasteiger partial charge in [-0.3, -0.25) is 14.5 Å². The minimum absolute atomic E-state index is 0.136. The Hall–Kier alpha value is -1.66. The summed E-state index contributed by atoms with van der Waals surface area (Å²) in [5, 5.41) is 9.93. The van der Waals surface area contributed by atoms with Crippen LogP contribution in [-0.2, 0) is 14.3 Å². The first kappa shape index (κ1) is 14.3. The van der Waals surface area contributed by atoms with Gasteiger partial charge in [-0.05, 0) is 30.9 Å². The van der Waals surface area contributed by atoms with Gasteiger partial charge in [-0.15, -0.1) is 0 Å². The quantitative estimate of drug-likeness (QED) is 0.755. The van der Waals surface area contributed by atoms with E-state index in [0.29, 0.717) is 25.7 Å². The Balaban J connectivity index is 1.67. The number of aliphatic hydroxyl groups excluding tert-OH is 1. The molecule has 3 aliphatic heterocycles. The first-order valence-electron chi connectivity index (χ1n) is 7.39. The van der Waals surface area contributed by atoms with Crippen LogP contribution in [0.2, 0.25) is 0 Å². The number of rotatable bonds is 3. The van der Waals surface area contributed by atoms with E-state index in [9.17, 15) is 14.7 Å². The van der Waals surface area contributed by atoms with Gasteiger partial charge >= 0.3 is 0 Å². The Labute approximate surface area is 123 Å². The first-order chi connectivity index (χ1) is 10.2. The van der Waals surface area contributed by atoms with E-state index in [1.54, 1.807) is 29.3 Å². The van der Waals surface area contributed by atoms with Gasteiger partial charge in [0.25, 0.3) is 5.91 Å². The molecule has 2 amide bonds. The van der Waals surface area contributed by atoms with Gasteiger partial charge in [0.1, 0.15) is 12.3 Å². The minimum Gasteiger partial charge on any atom is -0.381 e. The van der Waals surface area contributed by atoms with Crippen molar-refractivity contribution < 1.29 is 19.4 Å². The molecular weight excluding hydrogens is 272 g/mol. The molecule has 3 rings (SSSR count). The fourth-order valence-electron chi connectivity index (χ4n) is 3.07. The van der Waals surface area contributed by atoms with Gasteiger partial charge in [-0.2, -0.15) is 0 Å². The molecule has 1 N–H and O–H groups in total. The molecule has 2 atom stereocenters. The summed E-state index contributed by atoms with van der Waals surface area (Å²) in [5.74, 6) is -0.0238. The van der Waals surface area contributed by atoms with E-state index in [1.165, 1.54) is 4.90 Å². The van der Waals surface area contributed by atoms with Crippen molar-refractivity contribution in [2.45, 2.75) is 31.5 Å². The third-order valence-electron chi connectivity index (χ3n) is 4.32. The third-order valence-corrected chi connectivity index (χ3v) is 4.32. The SMILES string of the molecule is O=C1CC(N2C=CC=CC2O)C(=O)N1CC1CCOCC1. The van der Waals surface area contributed by atoms with E-state index in [0.717, 1.165) is 12.8 Å². The molecule has 0 radical (unpaired) electrons. The fourth-order valence-corrected chi connectivity index (χ4v) is 3.07. The second-order valence-electron chi connectivity index (χ2n) is 5.71. The standard InChI is InChI=1S/C15H20N2O4/c18-13-3-1-2-6-16(13)12-9-14(19)17(15(12)20)10-11-4-7-21-8-5-11/h1-3,6,11-13,18H,4-5,7-10H2. The average Bonchev–Trinajstić information content (AvgIpc) is 2.77. The maximum Gasteiger partial charge on any atom is 0.252 e. The van der Waals surface area contributed by atoms with E-state index in [2.05, 4.69) is 0 Å². The summed E-state index contributed by atoms with van der Waals surface area (Å²) in [5.41, 5.74) is 0. The Morgan fingerprint density at radius 1 is 1.24 bits per heavy atom. The molecule has 0 aromatic rings. The molecule has 2 unspecified atom stereocenters. The van der Waals surface area contributed by atoms with Crippen molar-refractivity contribution in [3.63, 3.8) is 0 Å². The molecule has 114 valence electrons. The molecule has 0 aromatic carbocycles. The van der Waals surface area contributed by atoms with Crippen molar-refractivity contribution in [3.8, 4) is 0 Å². The van der Waals surface area contributed by atoms with E-state index < -0.39 is 12.3 Å². The van der Waals surface area contributed by atoms with Crippen LogP contribution in [0.3, 0.4) is 0 Å². The number of carbonyl (C=O) groups is 2. The summed E-state index contributed by atoms with van der Waals surface area (Å²) in [4.78, 5) is 27.5. The zero-order valence-corrected chi connectivity index (χ0v) is 11.9. The lowest BCUT2D eigenvalue weighted by atomic mass is 10.00. The lowest BCUT2D eigenvalue weighted by Crippen LogP contribution is -2.45. The first-order valence-corrected chi connectivity index (χ1v) is 7.39. The molecule has 0 bridgehead atoms. The summed E-state index contributed by atoms with van der Waals surface area (Å²) >= 11 is 0. The minimum atomic E-state index is -0.847. The summed E-state index contributed by atoms with van der Waals surface area (Å²) in [6, 6.07) is -0.589. The molecule has 2 saturated heterocycles. The van der Waals surface area contributed by atoms with Gasteiger partial charge in [0, 0.05) is 26.0 Å². The second-order valence-corrected chi connectivity index (χ2v) is 5.71. The van der Waals surface area contributed by atoms with Gasteiger partial charge in [0.15, 0.2) is 0 Å². The molecule has 0 saturated carbocycles. The molecular formula is C15H20N2O4. The number of amides is 2. The zero-order chi connectivity index (χ0) is 14.8. The predicted octanol–water partition coefficient (Wildman–Crippen LogP) is 0.244. The Morgan fingerprint density at radius 2 is 2.00 bits per heavy atom. The van der Waals surface area contributed by atoms with Crippen LogP contribution in [0.15, 0.2) is 24.4 Å². The molecule has 0 aromatic heterocycles. The highest BCUT2D eigenvalue weighted by Gasteiger charge is 2.43. The van der Waals surface area contributed by atoms with Crippen LogP contribution in [0.4, 0.5) is 0 Å². The van der Waals surface area contributed by atoms with Gasteiger partial charge in [0.2, 0.25) is 5.91 Å². The average molecular weight is 292 g/mol. The number of hydrogen-bond donors (Lipinski definition) is 1. The topological polar surface area (TPSA) is 70.1 Å². The normalized spacial score (nSPS) is 30.5.